The van der Waals surface area contributed by atoms with Gasteiger partial charge in [0.15, 0.2) is 0 Å². The summed E-state index contributed by atoms with van der Waals surface area (Å²) in [6.07, 6.45) is 4.56. The molecule has 1 aliphatic heterocycles. The molecule has 1 aromatic heterocycles. The highest BCUT2D eigenvalue weighted by Crippen LogP contribution is 2.42. The summed E-state index contributed by atoms with van der Waals surface area (Å²) in [7, 11) is 1.96. The van der Waals surface area contributed by atoms with Crippen LogP contribution in [0, 0.1) is 11.7 Å². The zero-order chi connectivity index (χ0) is 24.9. The molecule has 184 valence electrons. The first-order valence-corrected chi connectivity index (χ1v) is 12.9. The number of likely N-dealkylation sites (tertiary alicyclic amines) is 1. The minimum atomic E-state index is -0.746. The van der Waals surface area contributed by atoms with Gasteiger partial charge in [-0.2, -0.15) is 0 Å². The summed E-state index contributed by atoms with van der Waals surface area (Å²) in [5, 5.41) is 10.8. The molecule has 1 aliphatic carbocycles. The van der Waals surface area contributed by atoms with Crippen LogP contribution in [0.25, 0.3) is 16.6 Å². The van der Waals surface area contributed by atoms with E-state index in [9.17, 15) is 9.18 Å². The van der Waals surface area contributed by atoms with Crippen molar-refractivity contribution in [3.63, 3.8) is 0 Å². The van der Waals surface area contributed by atoms with E-state index >= 15 is 0 Å². The van der Waals surface area contributed by atoms with Gasteiger partial charge >= 0.3 is 5.97 Å². The van der Waals surface area contributed by atoms with Gasteiger partial charge in [0.25, 0.3) is 0 Å². The number of halogens is 3. The van der Waals surface area contributed by atoms with Crippen LogP contribution in [-0.4, -0.2) is 33.6 Å². The summed E-state index contributed by atoms with van der Waals surface area (Å²) >= 11 is 13.5. The van der Waals surface area contributed by atoms with E-state index in [4.69, 9.17) is 28.3 Å². The summed E-state index contributed by atoms with van der Waals surface area (Å²) < 4.78 is 16.9. The molecule has 0 spiro atoms. The molecule has 0 atom stereocenters. The Labute approximate surface area is 214 Å². The first kappa shape index (κ1) is 24.2. The lowest BCUT2D eigenvalue weighted by Gasteiger charge is -2.34. The number of carboxylic acid groups (broad SMARTS) is 1. The highest BCUT2D eigenvalue weighted by atomic mass is 35.5. The smallest absolute Gasteiger partial charge is 0.303 e. The Bertz CT molecular complexity index is 1320. The van der Waals surface area contributed by atoms with Gasteiger partial charge in [0.1, 0.15) is 5.82 Å². The lowest BCUT2D eigenvalue weighted by molar-refractivity contribution is -0.138. The van der Waals surface area contributed by atoms with Crippen molar-refractivity contribution >= 4 is 45.8 Å². The predicted octanol–water partition coefficient (Wildman–Crippen LogP) is 7.25. The van der Waals surface area contributed by atoms with Gasteiger partial charge in [-0.15, -0.1) is 0 Å². The minimum Gasteiger partial charge on any atom is -0.481 e. The molecular formula is C28H29Cl2FN2O2. The molecule has 1 saturated heterocycles. The molecule has 1 N–H and O–H groups in total. The number of nitrogens with zero attached hydrogens (tertiary/aromatic N) is 2. The fourth-order valence-corrected chi connectivity index (χ4v) is 5.89. The normalized spacial score (nSPS) is 16.7. The van der Waals surface area contributed by atoms with Gasteiger partial charge < -0.3 is 14.6 Å². The lowest BCUT2D eigenvalue weighted by Crippen LogP contribution is -2.33. The van der Waals surface area contributed by atoms with E-state index in [2.05, 4.69) is 17.5 Å². The fraction of sp³-hybridized carbons (Fsp3) is 0.393. The molecule has 5 rings (SSSR count). The molecule has 3 aromatic rings. The second kappa shape index (κ2) is 9.51. The second-order valence-electron chi connectivity index (χ2n) is 9.94. The Morgan fingerprint density at radius 3 is 2.51 bits per heavy atom. The summed E-state index contributed by atoms with van der Waals surface area (Å²) in [5.41, 5.74) is 5.33. The number of carbonyl (C=O) groups is 1. The number of piperidine rings is 1. The number of aliphatic carboxylic acids is 1. The van der Waals surface area contributed by atoms with Crippen LogP contribution in [0.5, 0.6) is 0 Å². The second-order valence-corrected chi connectivity index (χ2v) is 10.7. The van der Waals surface area contributed by atoms with E-state index in [1.807, 2.05) is 29.8 Å². The molecule has 0 unspecified atom stereocenters. The Kier molecular flexibility index (Phi) is 6.58. The monoisotopic (exact) mass is 514 g/mol. The van der Waals surface area contributed by atoms with Crippen LogP contribution in [0.15, 0.2) is 36.9 Å². The van der Waals surface area contributed by atoms with E-state index < -0.39 is 5.97 Å². The number of fused-ring (bicyclic) bond motifs is 1. The molecule has 7 heteroatoms. The van der Waals surface area contributed by atoms with Gasteiger partial charge in [-0.25, -0.2) is 4.39 Å². The van der Waals surface area contributed by atoms with Crippen molar-refractivity contribution in [3.8, 4) is 0 Å². The topological polar surface area (TPSA) is 45.5 Å². The van der Waals surface area contributed by atoms with Gasteiger partial charge in [-0.05, 0) is 79.0 Å². The largest absolute Gasteiger partial charge is 0.481 e. The average Bonchev–Trinajstić information content (AvgIpc) is 3.62. The molecule has 1 saturated carbocycles. The van der Waals surface area contributed by atoms with E-state index in [0.717, 1.165) is 72.4 Å². The van der Waals surface area contributed by atoms with Crippen LogP contribution < -0.4 is 0 Å². The number of hydrogen-bond donors (Lipinski definition) is 1. The maximum absolute atomic E-state index is 14.9. The molecule has 2 aliphatic rings. The van der Waals surface area contributed by atoms with Gasteiger partial charge in [-0.1, -0.05) is 29.8 Å². The molecule has 0 amide bonds. The maximum atomic E-state index is 14.9. The van der Waals surface area contributed by atoms with E-state index in [-0.39, 0.29) is 18.2 Å². The first-order valence-electron chi connectivity index (χ1n) is 12.1. The maximum Gasteiger partial charge on any atom is 0.303 e. The number of rotatable bonds is 7. The third kappa shape index (κ3) is 4.81. The van der Waals surface area contributed by atoms with Gasteiger partial charge in [0, 0.05) is 60.3 Å². The van der Waals surface area contributed by atoms with E-state index in [1.54, 1.807) is 6.07 Å². The van der Waals surface area contributed by atoms with E-state index in [0.29, 0.717) is 27.8 Å². The van der Waals surface area contributed by atoms with Crippen molar-refractivity contribution < 1.29 is 14.3 Å². The molecule has 2 aromatic carbocycles. The average molecular weight is 515 g/mol. The number of aryl methyl sites for hydroxylation is 1. The number of hydrogen-bond acceptors (Lipinski definition) is 2. The Morgan fingerprint density at radius 1 is 1.14 bits per heavy atom. The van der Waals surface area contributed by atoms with Crippen molar-refractivity contribution in [3.05, 3.63) is 75.2 Å². The molecule has 0 bridgehead atoms. The zero-order valence-electron chi connectivity index (χ0n) is 19.8. The zero-order valence-corrected chi connectivity index (χ0v) is 21.3. The van der Waals surface area contributed by atoms with Crippen LogP contribution >= 0.6 is 23.2 Å². The van der Waals surface area contributed by atoms with Crippen LogP contribution in [0.3, 0.4) is 0 Å². The van der Waals surface area contributed by atoms with E-state index in [1.165, 1.54) is 0 Å². The first-order chi connectivity index (χ1) is 16.7. The van der Waals surface area contributed by atoms with Crippen molar-refractivity contribution in [2.24, 2.45) is 13.0 Å². The minimum absolute atomic E-state index is 0.183. The SMILES string of the molecule is C=C(c1ccc(Cl)c(Cc2cc3c(F)cc(C4CC4)cc3n2C)c1Cl)N1CCC(CC(=O)O)CC1. The summed E-state index contributed by atoms with van der Waals surface area (Å²) in [5.74, 6) is -0.255. The molecule has 35 heavy (non-hydrogen) atoms. The van der Waals surface area contributed by atoms with Gasteiger partial charge in [0.05, 0.1) is 10.5 Å². The van der Waals surface area contributed by atoms with Crippen molar-refractivity contribution in [1.82, 2.24) is 9.47 Å². The summed E-state index contributed by atoms with van der Waals surface area (Å²) in [6.45, 7) is 5.79. The van der Waals surface area contributed by atoms with Crippen molar-refractivity contribution in [2.45, 2.75) is 44.4 Å². The van der Waals surface area contributed by atoms with Gasteiger partial charge in [0.2, 0.25) is 0 Å². The summed E-state index contributed by atoms with van der Waals surface area (Å²) in [6, 6.07) is 9.41. The Hall–Kier alpha value is -2.50. The van der Waals surface area contributed by atoms with Crippen LogP contribution in [0.4, 0.5) is 4.39 Å². The molecular weight excluding hydrogens is 486 g/mol. The third-order valence-electron chi connectivity index (χ3n) is 7.60. The van der Waals surface area contributed by atoms with Crippen molar-refractivity contribution in [2.75, 3.05) is 13.1 Å². The van der Waals surface area contributed by atoms with Crippen molar-refractivity contribution in [1.29, 1.82) is 0 Å². The fourth-order valence-electron chi connectivity index (χ4n) is 5.27. The molecule has 2 fully saturated rings. The van der Waals surface area contributed by atoms with Crippen LogP contribution in [0.2, 0.25) is 10.0 Å². The highest BCUT2D eigenvalue weighted by molar-refractivity contribution is 6.37. The Morgan fingerprint density at radius 2 is 1.86 bits per heavy atom. The lowest BCUT2D eigenvalue weighted by atomic mass is 9.92. The third-order valence-corrected chi connectivity index (χ3v) is 8.38. The number of carboxylic acids is 1. The van der Waals surface area contributed by atoms with Gasteiger partial charge in [-0.3, -0.25) is 4.79 Å². The highest BCUT2D eigenvalue weighted by Gasteiger charge is 2.27. The quantitative estimate of drug-likeness (QED) is 0.361. The molecule has 4 nitrogen and oxygen atoms in total. The predicted molar refractivity (Wildman–Crippen MR) is 140 cm³/mol. The summed E-state index contributed by atoms with van der Waals surface area (Å²) in [4.78, 5) is 13.2. The van der Waals surface area contributed by atoms with Crippen LogP contribution in [-0.2, 0) is 18.3 Å². The molecule has 0 radical (unpaired) electrons. The van der Waals surface area contributed by atoms with Crippen LogP contribution in [0.1, 0.15) is 60.4 Å². The Balaban J connectivity index is 1.40. The number of benzene rings is 2. The molecule has 2 heterocycles. The standard InChI is InChI=1S/C28H29Cl2FN2O2/c1-16(33-9-7-17(8-10-33)11-27(34)35)21-5-6-24(29)22(28(21)30)14-20-15-23-25(31)12-19(18-3-4-18)13-26(23)32(20)2/h5-6,12-13,15,17-18H,1,3-4,7-11,14H2,2H3,(H,34,35). The number of aromatic nitrogens is 1.